The minimum Gasteiger partial charge on any atom is -0.229 e. The van der Waals surface area contributed by atoms with Crippen molar-refractivity contribution in [2.24, 2.45) is 16.2 Å². The average molecular weight is 185 g/mol. The molecule has 1 nitrogen and oxygen atoms in total. The van der Waals surface area contributed by atoms with E-state index in [1.165, 1.54) is 32.1 Å². The van der Waals surface area contributed by atoms with Gasteiger partial charge in [-0.15, -0.1) is 0 Å². The highest BCUT2D eigenvalue weighted by atomic mass is 32.2. The first-order valence-corrected chi connectivity index (χ1v) is 6.06. The molecule has 0 spiro atoms. The third-order valence-corrected chi connectivity index (χ3v) is 3.11. The van der Waals surface area contributed by atoms with Gasteiger partial charge in [0.1, 0.15) is 0 Å². The molecule has 0 N–H and O–H groups in total. The van der Waals surface area contributed by atoms with Gasteiger partial charge in [0.25, 0.3) is 0 Å². The minimum atomic E-state index is 0.928. The lowest BCUT2D eigenvalue weighted by atomic mass is 9.82. The van der Waals surface area contributed by atoms with Crippen molar-refractivity contribution < 1.29 is 0 Å². The van der Waals surface area contributed by atoms with E-state index in [-0.39, 0.29) is 0 Å². The summed E-state index contributed by atoms with van der Waals surface area (Å²) in [4.78, 5) is 0. The highest BCUT2D eigenvalue weighted by Crippen LogP contribution is 2.29. The van der Waals surface area contributed by atoms with E-state index in [0.29, 0.717) is 0 Å². The van der Waals surface area contributed by atoms with Crippen molar-refractivity contribution in [2.75, 3.05) is 6.26 Å². The molecule has 0 amide bonds. The lowest BCUT2D eigenvalue weighted by Gasteiger charge is -2.24. The maximum Gasteiger partial charge on any atom is 0.0128 e. The summed E-state index contributed by atoms with van der Waals surface area (Å²) in [6.07, 6.45) is 11.0. The Balaban J connectivity index is 2.13. The van der Waals surface area contributed by atoms with Gasteiger partial charge in [-0.25, -0.2) is 4.40 Å². The van der Waals surface area contributed by atoms with Crippen LogP contribution in [0, 0.1) is 11.8 Å². The van der Waals surface area contributed by atoms with E-state index < -0.39 is 0 Å². The highest BCUT2D eigenvalue weighted by Gasteiger charge is 2.16. The van der Waals surface area contributed by atoms with E-state index in [4.69, 9.17) is 0 Å². The summed E-state index contributed by atoms with van der Waals surface area (Å²) in [6, 6.07) is 0. The third-order valence-electron chi connectivity index (χ3n) is 2.75. The van der Waals surface area contributed by atoms with Crippen LogP contribution in [-0.2, 0) is 0 Å². The molecule has 2 heteroatoms. The van der Waals surface area contributed by atoms with Crippen LogP contribution < -0.4 is 0 Å². The topological polar surface area (TPSA) is 12.4 Å². The first-order valence-electron chi connectivity index (χ1n) is 4.88. The number of rotatable bonds is 3. The summed E-state index contributed by atoms with van der Waals surface area (Å²) in [5.74, 6) is 1.90. The van der Waals surface area contributed by atoms with Gasteiger partial charge < -0.3 is 0 Å². The Morgan fingerprint density at radius 2 is 2.00 bits per heavy atom. The van der Waals surface area contributed by atoms with Crippen LogP contribution in [0.25, 0.3) is 0 Å². The van der Waals surface area contributed by atoms with Gasteiger partial charge in [-0.2, -0.15) is 0 Å². The average Bonchev–Trinajstić information content (AvgIpc) is 2.09. The van der Waals surface area contributed by atoms with Gasteiger partial charge in [0.15, 0.2) is 0 Å². The third kappa shape index (κ3) is 3.61. The summed E-state index contributed by atoms with van der Waals surface area (Å²) in [6.45, 7) is 2.37. The first kappa shape index (κ1) is 10.1. The van der Waals surface area contributed by atoms with E-state index >= 15 is 0 Å². The Morgan fingerprint density at radius 1 is 1.33 bits per heavy atom. The molecule has 1 aliphatic carbocycles. The van der Waals surface area contributed by atoms with Crippen LogP contribution in [-0.4, -0.2) is 12.5 Å². The number of nitrogens with zero attached hydrogens (tertiary/aromatic N) is 1. The summed E-state index contributed by atoms with van der Waals surface area (Å²) >= 11 is 1.56. The number of hydrogen-bond acceptors (Lipinski definition) is 2. The Morgan fingerprint density at radius 3 is 2.58 bits per heavy atom. The summed E-state index contributed by atoms with van der Waals surface area (Å²) < 4.78 is 4.18. The van der Waals surface area contributed by atoms with Gasteiger partial charge in [0, 0.05) is 12.5 Å². The van der Waals surface area contributed by atoms with Gasteiger partial charge in [0.05, 0.1) is 0 Å². The van der Waals surface area contributed by atoms with Gasteiger partial charge >= 0.3 is 0 Å². The van der Waals surface area contributed by atoms with Crippen molar-refractivity contribution in [1.29, 1.82) is 0 Å². The highest BCUT2D eigenvalue weighted by molar-refractivity contribution is 7.97. The van der Waals surface area contributed by atoms with Crippen molar-refractivity contribution >= 4 is 18.2 Å². The summed E-state index contributed by atoms with van der Waals surface area (Å²) in [7, 11) is 0. The van der Waals surface area contributed by atoms with Gasteiger partial charge in [-0.3, -0.25) is 0 Å². The lowest BCUT2D eigenvalue weighted by Crippen LogP contribution is -2.12. The van der Waals surface area contributed by atoms with E-state index in [1.54, 1.807) is 11.9 Å². The Labute approximate surface area is 80.2 Å². The smallest absolute Gasteiger partial charge is 0.0128 e. The quantitative estimate of drug-likeness (QED) is 0.484. The van der Waals surface area contributed by atoms with Crippen LogP contribution in [0.5, 0.6) is 0 Å². The molecule has 1 aliphatic rings. The Hall–Kier alpha value is 0.0200. The Bertz CT molecular complexity index is 137. The molecule has 0 bridgehead atoms. The standard InChI is InChI=1S/C10H19NS/c1-9-3-5-10(6-4-9)7-8-11-12-2/h8-10H,3-7H2,1-2H3/b11-8+. The molecule has 1 rings (SSSR count). The SMILES string of the molecule is CS/N=C/CC1CCC(C)CC1. The van der Waals surface area contributed by atoms with Crippen LogP contribution in [0.2, 0.25) is 0 Å². The van der Waals surface area contributed by atoms with Crippen molar-refractivity contribution in [3.8, 4) is 0 Å². The van der Waals surface area contributed by atoms with Crippen molar-refractivity contribution in [1.82, 2.24) is 0 Å². The zero-order chi connectivity index (χ0) is 8.81. The lowest BCUT2D eigenvalue weighted by molar-refractivity contribution is 0.297. The molecule has 0 aromatic carbocycles. The predicted molar refractivity (Wildman–Crippen MR) is 57.7 cm³/mol. The van der Waals surface area contributed by atoms with Crippen molar-refractivity contribution in [3.63, 3.8) is 0 Å². The molecule has 0 aliphatic heterocycles. The fraction of sp³-hybridized carbons (Fsp3) is 0.900. The van der Waals surface area contributed by atoms with Gasteiger partial charge in [-0.1, -0.05) is 19.8 Å². The van der Waals surface area contributed by atoms with Crippen LogP contribution in [0.3, 0.4) is 0 Å². The van der Waals surface area contributed by atoms with Crippen LogP contribution in [0.15, 0.2) is 4.40 Å². The molecule has 1 saturated carbocycles. The fourth-order valence-electron chi connectivity index (χ4n) is 1.83. The largest absolute Gasteiger partial charge is 0.229 e. The maximum atomic E-state index is 4.18. The molecule has 0 aromatic heterocycles. The molecule has 1 fully saturated rings. The second-order valence-electron chi connectivity index (χ2n) is 3.83. The normalized spacial score (nSPS) is 31.2. The van der Waals surface area contributed by atoms with Gasteiger partial charge in [-0.05, 0) is 43.0 Å². The van der Waals surface area contributed by atoms with E-state index in [1.807, 2.05) is 6.26 Å². The molecule has 70 valence electrons. The second-order valence-corrected chi connectivity index (χ2v) is 4.41. The van der Waals surface area contributed by atoms with Crippen molar-refractivity contribution in [2.45, 2.75) is 39.0 Å². The Kier molecular flexibility index (Phi) is 4.74. The summed E-state index contributed by atoms with van der Waals surface area (Å²) in [5, 5.41) is 0. The second kappa shape index (κ2) is 5.63. The van der Waals surface area contributed by atoms with Crippen molar-refractivity contribution in [3.05, 3.63) is 0 Å². The molecule has 0 heterocycles. The maximum absolute atomic E-state index is 4.18. The van der Waals surface area contributed by atoms with Crippen LogP contribution in [0.4, 0.5) is 0 Å². The molecule has 0 radical (unpaired) electrons. The van der Waals surface area contributed by atoms with Crippen LogP contribution >= 0.6 is 11.9 Å². The molecular weight excluding hydrogens is 166 g/mol. The first-order chi connectivity index (χ1) is 5.83. The van der Waals surface area contributed by atoms with Crippen LogP contribution in [0.1, 0.15) is 39.0 Å². The van der Waals surface area contributed by atoms with Gasteiger partial charge in [0.2, 0.25) is 0 Å². The molecule has 12 heavy (non-hydrogen) atoms. The minimum absolute atomic E-state index is 0.928. The summed E-state index contributed by atoms with van der Waals surface area (Å²) in [5.41, 5.74) is 0. The molecular formula is C10H19NS. The predicted octanol–water partition coefficient (Wildman–Crippen LogP) is 3.55. The monoisotopic (exact) mass is 185 g/mol. The van der Waals surface area contributed by atoms with E-state index in [2.05, 4.69) is 17.5 Å². The molecule has 0 aromatic rings. The zero-order valence-electron chi connectivity index (χ0n) is 8.12. The van der Waals surface area contributed by atoms with E-state index in [9.17, 15) is 0 Å². The molecule has 0 unspecified atom stereocenters. The number of hydrogen-bond donors (Lipinski definition) is 0. The zero-order valence-corrected chi connectivity index (χ0v) is 8.94. The molecule has 0 saturated heterocycles. The fourth-order valence-corrected chi connectivity index (χ4v) is 2.07. The molecule has 0 atom stereocenters. The van der Waals surface area contributed by atoms with E-state index in [0.717, 1.165) is 11.8 Å².